The molecule has 0 aliphatic heterocycles. The molecule has 0 atom stereocenters. The first-order valence-corrected chi connectivity index (χ1v) is 6.13. The number of nitrogens with zero attached hydrogens (tertiary/aromatic N) is 4. The maximum atomic E-state index is 11.9. The number of carbonyl (C=O) groups excluding carboxylic acids is 1. The number of rotatable bonds is 2. The number of ketones is 1. The van der Waals surface area contributed by atoms with Crippen molar-refractivity contribution in [1.82, 2.24) is 9.97 Å². The van der Waals surface area contributed by atoms with Gasteiger partial charge in [0.15, 0.2) is 0 Å². The average Bonchev–Trinajstić information content (AvgIpc) is 2.46. The number of benzene rings is 1. The number of hydrogen-bond donors (Lipinski definition) is 0. The van der Waals surface area contributed by atoms with Crippen molar-refractivity contribution in [3.8, 4) is 0 Å². The largest absolute Gasteiger partial charge is 0.361 e. The van der Waals surface area contributed by atoms with E-state index in [-0.39, 0.29) is 0 Å². The summed E-state index contributed by atoms with van der Waals surface area (Å²) in [6.45, 7) is 0. The maximum absolute atomic E-state index is 11.9. The first-order valence-electron chi connectivity index (χ1n) is 5.75. The Labute approximate surface area is 118 Å². The van der Waals surface area contributed by atoms with E-state index in [0.717, 1.165) is 11.6 Å². The molecule has 0 saturated carbocycles. The molecule has 0 fully saturated rings. The van der Waals surface area contributed by atoms with E-state index in [4.69, 9.17) is 17.1 Å². The molecule has 2 heterocycles. The number of Topliss-reactive ketones (excluding diaryl/α,β-unsaturated/α-hetero) is 1. The van der Waals surface area contributed by atoms with Gasteiger partial charge in [0.25, 0.3) is 5.78 Å². The van der Waals surface area contributed by atoms with Crippen LogP contribution in [0.25, 0.3) is 27.3 Å². The highest BCUT2D eigenvalue weighted by atomic mass is 35.5. The zero-order valence-electron chi connectivity index (χ0n) is 10.1. The van der Waals surface area contributed by atoms with Crippen molar-refractivity contribution in [3.05, 3.63) is 52.8 Å². The topological polar surface area (TPSA) is 79.3 Å². The summed E-state index contributed by atoms with van der Waals surface area (Å²) in [7, 11) is 0. The zero-order valence-corrected chi connectivity index (χ0v) is 10.9. The van der Waals surface area contributed by atoms with Gasteiger partial charge in [-0.05, 0) is 24.3 Å². The number of halogens is 1. The predicted octanol–water partition coefficient (Wildman–Crippen LogP) is 2.92. The van der Waals surface area contributed by atoms with Crippen LogP contribution in [-0.4, -0.2) is 26.8 Å². The molecule has 2 aromatic heterocycles. The Bertz CT molecular complexity index is 900. The number of fused-ring (bicyclic) bond motifs is 3. The minimum atomic E-state index is -0.407. The van der Waals surface area contributed by atoms with Crippen molar-refractivity contribution in [2.24, 2.45) is 0 Å². The highest BCUT2D eigenvalue weighted by Gasteiger charge is 2.14. The highest BCUT2D eigenvalue weighted by Crippen LogP contribution is 2.26. The standard InChI is InChI=1S/C14H7ClN4O/c15-8-1-2-10-12(5-8)18-6-11-9(13(20)7-19-16)3-4-17-14(10)11/h1-7H. The second-order valence-electron chi connectivity index (χ2n) is 4.15. The van der Waals surface area contributed by atoms with Crippen molar-refractivity contribution in [2.75, 3.05) is 0 Å². The van der Waals surface area contributed by atoms with Gasteiger partial charge in [-0.25, -0.2) is 0 Å². The molecule has 3 aromatic rings. The van der Waals surface area contributed by atoms with Gasteiger partial charge in [0.2, 0.25) is 0 Å². The second-order valence-corrected chi connectivity index (χ2v) is 4.59. The molecule has 3 rings (SSSR count). The third kappa shape index (κ3) is 1.95. The molecule has 0 N–H and O–H groups in total. The van der Waals surface area contributed by atoms with Crippen LogP contribution in [0, 0.1) is 0 Å². The van der Waals surface area contributed by atoms with Crippen LogP contribution in [-0.2, 0) is 0 Å². The Morgan fingerprint density at radius 2 is 2.10 bits per heavy atom. The van der Waals surface area contributed by atoms with E-state index in [1.165, 1.54) is 6.20 Å². The Morgan fingerprint density at radius 1 is 1.25 bits per heavy atom. The van der Waals surface area contributed by atoms with Gasteiger partial charge in [-0.1, -0.05) is 11.6 Å². The molecule has 0 bridgehead atoms. The molecular weight excluding hydrogens is 276 g/mol. The normalized spacial score (nSPS) is 10.4. The molecule has 0 amide bonds. The molecule has 0 radical (unpaired) electrons. The van der Waals surface area contributed by atoms with Crippen LogP contribution in [0.4, 0.5) is 0 Å². The Hall–Kier alpha value is -2.62. The van der Waals surface area contributed by atoms with Crippen molar-refractivity contribution >= 4 is 45.4 Å². The van der Waals surface area contributed by atoms with Gasteiger partial charge in [-0.3, -0.25) is 14.8 Å². The van der Waals surface area contributed by atoms with Crippen molar-refractivity contribution < 1.29 is 9.58 Å². The molecular formula is C14H7ClN4O. The molecule has 0 aliphatic carbocycles. The number of carbonyl (C=O) groups is 1. The maximum Gasteiger partial charge on any atom is 0.328 e. The van der Waals surface area contributed by atoms with E-state index >= 15 is 0 Å². The van der Waals surface area contributed by atoms with Crippen LogP contribution in [0.1, 0.15) is 10.4 Å². The lowest BCUT2D eigenvalue weighted by molar-refractivity contribution is 0.00236. The molecule has 0 spiro atoms. The van der Waals surface area contributed by atoms with Crippen LogP contribution < -0.4 is 0 Å². The molecule has 6 heteroatoms. The van der Waals surface area contributed by atoms with Crippen molar-refractivity contribution in [3.63, 3.8) is 0 Å². The lowest BCUT2D eigenvalue weighted by atomic mass is 10.0. The monoisotopic (exact) mass is 282 g/mol. The van der Waals surface area contributed by atoms with E-state index in [9.17, 15) is 4.79 Å². The summed E-state index contributed by atoms with van der Waals surface area (Å²) in [4.78, 5) is 23.2. The van der Waals surface area contributed by atoms with E-state index in [0.29, 0.717) is 27.0 Å². The summed E-state index contributed by atoms with van der Waals surface area (Å²) < 4.78 is 0. The summed E-state index contributed by atoms with van der Waals surface area (Å²) in [6, 6.07) is 6.86. The minimum Gasteiger partial charge on any atom is -0.361 e. The lowest BCUT2D eigenvalue weighted by Crippen LogP contribution is -2.03. The smallest absolute Gasteiger partial charge is 0.328 e. The SMILES string of the molecule is [N-]=[N+]=CC(=O)c1ccnc2c1cnc1cc(Cl)ccc12. The summed E-state index contributed by atoms with van der Waals surface area (Å²) in [5.41, 5.74) is 10.2. The molecule has 5 nitrogen and oxygen atoms in total. The first kappa shape index (κ1) is 12.4. The first-order chi connectivity index (χ1) is 9.70. The van der Waals surface area contributed by atoms with E-state index in [2.05, 4.69) is 14.8 Å². The van der Waals surface area contributed by atoms with Gasteiger partial charge in [-0.2, -0.15) is 4.79 Å². The van der Waals surface area contributed by atoms with Crippen LogP contribution >= 0.6 is 11.6 Å². The molecule has 96 valence electrons. The fourth-order valence-electron chi connectivity index (χ4n) is 2.10. The van der Waals surface area contributed by atoms with Crippen LogP contribution in [0.5, 0.6) is 0 Å². The van der Waals surface area contributed by atoms with Crippen LogP contribution in [0.3, 0.4) is 0 Å². The summed E-state index contributed by atoms with van der Waals surface area (Å²) in [5.74, 6) is -0.407. The Kier molecular flexibility index (Phi) is 2.99. The van der Waals surface area contributed by atoms with Gasteiger partial charge in [0, 0.05) is 33.8 Å². The number of aromatic nitrogens is 2. The minimum absolute atomic E-state index is 0.386. The van der Waals surface area contributed by atoms with Gasteiger partial charge in [0.05, 0.1) is 11.0 Å². The quantitative estimate of drug-likeness (QED) is 0.238. The molecule has 0 aliphatic rings. The third-order valence-corrected chi connectivity index (χ3v) is 3.21. The Morgan fingerprint density at radius 3 is 2.90 bits per heavy atom. The summed E-state index contributed by atoms with van der Waals surface area (Å²) >= 11 is 5.93. The zero-order chi connectivity index (χ0) is 14.1. The predicted molar refractivity (Wildman–Crippen MR) is 76.1 cm³/mol. The van der Waals surface area contributed by atoms with Gasteiger partial charge in [-0.15, -0.1) is 0 Å². The molecule has 20 heavy (non-hydrogen) atoms. The van der Waals surface area contributed by atoms with Crippen LogP contribution in [0.2, 0.25) is 5.02 Å². The van der Waals surface area contributed by atoms with E-state index < -0.39 is 5.78 Å². The Balaban J connectivity index is 2.39. The van der Waals surface area contributed by atoms with Crippen LogP contribution in [0.15, 0.2) is 36.7 Å². The van der Waals surface area contributed by atoms with Crippen molar-refractivity contribution in [1.29, 1.82) is 0 Å². The molecule has 1 aromatic carbocycles. The average molecular weight is 283 g/mol. The third-order valence-electron chi connectivity index (χ3n) is 2.98. The van der Waals surface area contributed by atoms with Crippen molar-refractivity contribution in [2.45, 2.75) is 0 Å². The molecule has 0 unspecified atom stereocenters. The van der Waals surface area contributed by atoms with Gasteiger partial charge in [0.1, 0.15) is 0 Å². The molecule has 0 saturated heterocycles. The fraction of sp³-hybridized carbons (Fsp3) is 0. The van der Waals surface area contributed by atoms with E-state index in [1.807, 2.05) is 6.07 Å². The van der Waals surface area contributed by atoms with Gasteiger partial charge < -0.3 is 5.53 Å². The summed E-state index contributed by atoms with van der Waals surface area (Å²) in [5, 5.41) is 2.00. The fourth-order valence-corrected chi connectivity index (χ4v) is 2.27. The highest BCUT2D eigenvalue weighted by molar-refractivity contribution is 6.37. The summed E-state index contributed by atoms with van der Waals surface area (Å²) in [6.07, 6.45) is 3.95. The lowest BCUT2D eigenvalue weighted by Gasteiger charge is -2.05. The number of pyridine rings is 2. The number of hydrogen-bond acceptors (Lipinski definition) is 3. The van der Waals surface area contributed by atoms with Gasteiger partial charge >= 0.3 is 6.21 Å². The van der Waals surface area contributed by atoms with E-state index in [1.54, 1.807) is 24.4 Å². The second kappa shape index (κ2) is 4.81.